The molecule has 0 unspecified atom stereocenters. The number of nitrogens with one attached hydrogen (secondary N) is 1. The standard InChI is InChI=1S/C13H11ClN2O3S2/c14-8-3-1-2-4-10(8)20-7-11(17)15-5-12-16-9(6-21-12)13(18)19/h1-4,6H,5,7H2,(H,15,17)(H,18,19). The molecular weight excluding hydrogens is 332 g/mol. The molecule has 0 saturated carbocycles. The molecule has 21 heavy (non-hydrogen) atoms. The Morgan fingerprint density at radius 3 is 2.81 bits per heavy atom. The summed E-state index contributed by atoms with van der Waals surface area (Å²) in [4.78, 5) is 27.1. The Morgan fingerprint density at radius 2 is 2.14 bits per heavy atom. The lowest BCUT2D eigenvalue weighted by Gasteiger charge is -2.04. The molecule has 0 atom stereocenters. The van der Waals surface area contributed by atoms with Crippen molar-refractivity contribution in [2.75, 3.05) is 5.75 Å². The number of aromatic nitrogens is 1. The van der Waals surface area contributed by atoms with E-state index in [9.17, 15) is 9.59 Å². The smallest absolute Gasteiger partial charge is 0.355 e. The van der Waals surface area contributed by atoms with Crippen molar-refractivity contribution >= 4 is 46.6 Å². The maximum Gasteiger partial charge on any atom is 0.355 e. The average Bonchev–Trinajstić information content (AvgIpc) is 2.93. The SMILES string of the molecule is O=C(CSc1ccccc1Cl)NCc1nc(C(=O)O)cs1. The molecule has 0 fully saturated rings. The highest BCUT2D eigenvalue weighted by Gasteiger charge is 2.10. The molecule has 1 heterocycles. The van der Waals surface area contributed by atoms with Crippen molar-refractivity contribution < 1.29 is 14.7 Å². The van der Waals surface area contributed by atoms with E-state index in [1.807, 2.05) is 18.2 Å². The van der Waals surface area contributed by atoms with Crippen LogP contribution >= 0.6 is 34.7 Å². The number of amides is 1. The number of hydrogen-bond donors (Lipinski definition) is 2. The molecule has 0 bridgehead atoms. The van der Waals surface area contributed by atoms with Crippen molar-refractivity contribution in [3.05, 3.63) is 45.4 Å². The van der Waals surface area contributed by atoms with Crippen LogP contribution in [0.2, 0.25) is 5.02 Å². The first-order chi connectivity index (χ1) is 10.1. The number of thioether (sulfide) groups is 1. The van der Waals surface area contributed by atoms with E-state index in [0.29, 0.717) is 10.0 Å². The van der Waals surface area contributed by atoms with Gasteiger partial charge < -0.3 is 10.4 Å². The van der Waals surface area contributed by atoms with Gasteiger partial charge in [0.1, 0.15) is 5.01 Å². The molecule has 1 aromatic heterocycles. The zero-order valence-electron chi connectivity index (χ0n) is 10.7. The van der Waals surface area contributed by atoms with Gasteiger partial charge in [-0.05, 0) is 12.1 Å². The van der Waals surface area contributed by atoms with E-state index in [1.54, 1.807) is 6.07 Å². The Hall–Kier alpha value is -1.57. The van der Waals surface area contributed by atoms with E-state index in [0.717, 1.165) is 4.90 Å². The lowest BCUT2D eigenvalue weighted by Crippen LogP contribution is -2.24. The van der Waals surface area contributed by atoms with Crippen molar-refractivity contribution in [3.8, 4) is 0 Å². The van der Waals surface area contributed by atoms with E-state index in [-0.39, 0.29) is 23.9 Å². The molecule has 0 aliphatic carbocycles. The fourth-order valence-corrected chi connectivity index (χ4v) is 3.20. The Bertz CT molecular complexity index is 660. The first-order valence-corrected chi connectivity index (χ1v) is 8.12. The number of carbonyl (C=O) groups excluding carboxylic acids is 1. The van der Waals surface area contributed by atoms with Crippen LogP contribution in [0.1, 0.15) is 15.5 Å². The van der Waals surface area contributed by atoms with Crippen molar-refractivity contribution in [1.29, 1.82) is 0 Å². The van der Waals surface area contributed by atoms with Gasteiger partial charge in [0.2, 0.25) is 5.91 Å². The van der Waals surface area contributed by atoms with E-state index in [1.165, 1.54) is 28.5 Å². The zero-order chi connectivity index (χ0) is 15.2. The minimum absolute atomic E-state index is 0.00492. The molecule has 0 aliphatic rings. The van der Waals surface area contributed by atoms with Gasteiger partial charge in [-0.15, -0.1) is 23.1 Å². The molecule has 0 aliphatic heterocycles. The van der Waals surface area contributed by atoms with Crippen LogP contribution in [-0.4, -0.2) is 27.7 Å². The lowest BCUT2D eigenvalue weighted by molar-refractivity contribution is -0.118. The van der Waals surface area contributed by atoms with Crippen molar-refractivity contribution in [2.24, 2.45) is 0 Å². The highest BCUT2D eigenvalue weighted by molar-refractivity contribution is 8.00. The number of aromatic carboxylic acids is 1. The summed E-state index contributed by atoms with van der Waals surface area (Å²) in [6, 6.07) is 7.30. The van der Waals surface area contributed by atoms with E-state index < -0.39 is 5.97 Å². The van der Waals surface area contributed by atoms with Crippen LogP contribution in [0.3, 0.4) is 0 Å². The van der Waals surface area contributed by atoms with Crippen molar-refractivity contribution in [1.82, 2.24) is 10.3 Å². The molecule has 5 nitrogen and oxygen atoms in total. The van der Waals surface area contributed by atoms with Crippen LogP contribution in [0.15, 0.2) is 34.5 Å². The molecule has 2 rings (SSSR count). The molecule has 2 aromatic rings. The maximum atomic E-state index is 11.7. The van der Waals surface area contributed by atoms with Crippen LogP contribution in [-0.2, 0) is 11.3 Å². The minimum atomic E-state index is -1.07. The highest BCUT2D eigenvalue weighted by Crippen LogP contribution is 2.26. The molecule has 1 amide bonds. The molecule has 0 radical (unpaired) electrons. The fourth-order valence-electron chi connectivity index (χ4n) is 1.42. The van der Waals surface area contributed by atoms with Crippen molar-refractivity contribution in [3.63, 3.8) is 0 Å². The monoisotopic (exact) mass is 342 g/mol. The molecule has 0 spiro atoms. The molecule has 110 valence electrons. The topological polar surface area (TPSA) is 79.3 Å². The third-order valence-corrected chi connectivity index (χ3v) is 4.77. The summed E-state index contributed by atoms with van der Waals surface area (Å²) >= 11 is 8.54. The van der Waals surface area contributed by atoms with E-state index >= 15 is 0 Å². The second-order valence-corrected chi connectivity index (χ2v) is 6.29. The number of halogens is 1. The number of benzene rings is 1. The predicted octanol–water partition coefficient (Wildman–Crippen LogP) is 2.90. The summed E-state index contributed by atoms with van der Waals surface area (Å²) < 4.78 is 0. The third-order valence-electron chi connectivity index (χ3n) is 2.40. The summed E-state index contributed by atoms with van der Waals surface area (Å²) in [5, 5.41) is 14.1. The van der Waals surface area contributed by atoms with Crippen LogP contribution in [0.4, 0.5) is 0 Å². The Balaban J connectivity index is 1.79. The number of carboxylic acids is 1. The van der Waals surface area contributed by atoms with Crippen LogP contribution in [0.5, 0.6) is 0 Å². The number of rotatable bonds is 6. The molecule has 8 heteroatoms. The number of carboxylic acid groups (broad SMARTS) is 1. The first kappa shape index (κ1) is 15.8. The average molecular weight is 343 g/mol. The van der Waals surface area contributed by atoms with Gasteiger partial charge in [-0.25, -0.2) is 9.78 Å². The Kier molecular flexibility index (Phi) is 5.60. The predicted molar refractivity (Wildman–Crippen MR) is 83.1 cm³/mol. The van der Waals surface area contributed by atoms with Gasteiger partial charge in [0.05, 0.1) is 17.3 Å². The Morgan fingerprint density at radius 1 is 1.38 bits per heavy atom. The van der Waals surface area contributed by atoms with Crippen LogP contribution < -0.4 is 5.32 Å². The van der Waals surface area contributed by atoms with E-state index in [2.05, 4.69) is 10.3 Å². The van der Waals surface area contributed by atoms with Gasteiger partial charge in [0.25, 0.3) is 0 Å². The number of hydrogen-bond acceptors (Lipinski definition) is 5. The fraction of sp³-hybridized carbons (Fsp3) is 0.154. The quantitative estimate of drug-likeness (QED) is 0.789. The van der Waals surface area contributed by atoms with Gasteiger partial charge in [-0.1, -0.05) is 23.7 Å². The third kappa shape index (κ3) is 4.73. The summed E-state index contributed by atoms with van der Waals surface area (Å²) in [7, 11) is 0. The van der Waals surface area contributed by atoms with Gasteiger partial charge >= 0.3 is 5.97 Å². The van der Waals surface area contributed by atoms with Crippen molar-refractivity contribution in [2.45, 2.75) is 11.4 Å². The number of thiazole rings is 1. The normalized spacial score (nSPS) is 10.3. The number of carbonyl (C=O) groups is 2. The first-order valence-electron chi connectivity index (χ1n) is 5.88. The molecule has 0 saturated heterocycles. The molecular formula is C13H11ClN2O3S2. The van der Waals surface area contributed by atoms with E-state index in [4.69, 9.17) is 16.7 Å². The summed E-state index contributed by atoms with van der Waals surface area (Å²) in [5.41, 5.74) is -0.00492. The van der Waals surface area contributed by atoms with Crippen LogP contribution in [0.25, 0.3) is 0 Å². The van der Waals surface area contributed by atoms with Gasteiger partial charge in [0, 0.05) is 10.3 Å². The second-order valence-electron chi connectivity index (χ2n) is 3.93. The molecule has 1 aromatic carbocycles. The van der Waals surface area contributed by atoms with Crippen LogP contribution in [0, 0.1) is 0 Å². The Labute approximate surface area is 134 Å². The zero-order valence-corrected chi connectivity index (χ0v) is 13.1. The lowest BCUT2D eigenvalue weighted by atomic mass is 10.4. The van der Waals surface area contributed by atoms with Gasteiger partial charge in [0.15, 0.2) is 5.69 Å². The summed E-state index contributed by atoms with van der Waals surface area (Å²) in [6.07, 6.45) is 0. The largest absolute Gasteiger partial charge is 0.476 e. The maximum absolute atomic E-state index is 11.7. The second kappa shape index (κ2) is 7.44. The summed E-state index contributed by atoms with van der Waals surface area (Å²) in [5.74, 6) is -0.994. The van der Waals surface area contributed by atoms with Gasteiger partial charge in [-0.2, -0.15) is 0 Å². The minimum Gasteiger partial charge on any atom is -0.476 e. The number of nitrogens with zero attached hydrogens (tertiary/aromatic N) is 1. The summed E-state index contributed by atoms with van der Waals surface area (Å²) in [6.45, 7) is 0.222. The van der Waals surface area contributed by atoms with Gasteiger partial charge in [-0.3, -0.25) is 4.79 Å². The highest BCUT2D eigenvalue weighted by atomic mass is 35.5. The molecule has 2 N–H and O–H groups in total.